The van der Waals surface area contributed by atoms with E-state index < -0.39 is 7.12 Å². The number of hydrogen-bond acceptors (Lipinski definition) is 4. The molecule has 0 fully saturated rings. The first kappa shape index (κ1) is 13.7. The van der Waals surface area contributed by atoms with Gasteiger partial charge in [-0.25, -0.2) is 0 Å². The van der Waals surface area contributed by atoms with Gasteiger partial charge in [-0.3, -0.25) is 5.41 Å². The smallest absolute Gasteiger partial charge is 0.423 e. The molecule has 2 aromatic carbocycles. The van der Waals surface area contributed by atoms with E-state index in [4.69, 9.17) is 15.8 Å². The standard InChI is InChI=1S/C15H16BN3O2/c17-15(18)11-6-4-10(5-7-11)8-19-13-3-1-2-12-9-21-16(20)14(12)13/h1-7,19-20H,8-9H2,(H3,17,18). The number of fused-ring (bicyclic) bond motifs is 1. The molecule has 0 saturated carbocycles. The van der Waals surface area contributed by atoms with Crippen LogP contribution in [0.1, 0.15) is 16.7 Å². The van der Waals surface area contributed by atoms with Crippen LogP contribution in [-0.4, -0.2) is 18.0 Å². The molecule has 1 aliphatic heterocycles. The molecule has 106 valence electrons. The van der Waals surface area contributed by atoms with Gasteiger partial charge in [0.15, 0.2) is 0 Å². The maximum atomic E-state index is 9.86. The predicted octanol–water partition coefficient (Wildman–Crippen LogP) is 0.800. The summed E-state index contributed by atoms with van der Waals surface area (Å²) in [5.41, 5.74) is 9.93. The van der Waals surface area contributed by atoms with Crippen molar-refractivity contribution < 1.29 is 9.68 Å². The van der Waals surface area contributed by atoms with E-state index in [1.807, 2.05) is 42.5 Å². The fourth-order valence-electron chi connectivity index (χ4n) is 2.44. The van der Waals surface area contributed by atoms with E-state index in [1.165, 1.54) is 0 Å². The molecule has 2 aromatic rings. The molecule has 0 amide bonds. The number of hydrogen-bond donors (Lipinski definition) is 4. The van der Waals surface area contributed by atoms with Crippen LogP contribution in [0.2, 0.25) is 0 Å². The van der Waals surface area contributed by atoms with Crippen LogP contribution in [0.15, 0.2) is 42.5 Å². The van der Waals surface area contributed by atoms with Crippen LogP contribution in [0.5, 0.6) is 0 Å². The highest BCUT2D eigenvalue weighted by Gasteiger charge is 2.29. The zero-order chi connectivity index (χ0) is 14.8. The Morgan fingerprint density at radius 3 is 2.76 bits per heavy atom. The lowest BCUT2D eigenvalue weighted by molar-refractivity contribution is 0.275. The van der Waals surface area contributed by atoms with Gasteiger partial charge in [0.2, 0.25) is 0 Å². The minimum absolute atomic E-state index is 0.0654. The quantitative estimate of drug-likeness (QED) is 0.379. The first-order chi connectivity index (χ1) is 10.1. The lowest BCUT2D eigenvalue weighted by Gasteiger charge is -2.11. The summed E-state index contributed by atoms with van der Waals surface area (Å²) < 4.78 is 5.24. The maximum absolute atomic E-state index is 9.86. The molecule has 0 spiro atoms. The van der Waals surface area contributed by atoms with E-state index in [1.54, 1.807) is 0 Å². The minimum Gasteiger partial charge on any atom is -0.423 e. The van der Waals surface area contributed by atoms with Crippen molar-refractivity contribution in [3.8, 4) is 0 Å². The highest BCUT2D eigenvalue weighted by molar-refractivity contribution is 6.63. The average Bonchev–Trinajstić information content (AvgIpc) is 2.88. The largest absolute Gasteiger partial charge is 0.493 e. The van der Waals surface area contributed by atoms with Crippen molar-refractivity contribution in [2.75, 3.05) is 5.32 Å². The molecule has 0 bridgehead atoms. The molecule has 21 heavy (non-hydrogen) atoms. The summed E-state index contributed by atoms with van der Waals surface area (Å²) in [6.45, 7) is 1.07. The van der Waals surface area contributed by atoms with Crippen LogP contribution in [0.4, 0.5) is 5.69 Å². The van der Waals surface area contributed by atoms with Gasteiger partial charge in [0.05, 0.1) is 6.61 Å². The molecule has 0 saturated heterocycles. The third kappa shape index (κ3) is 2.77. The summed E-state index contributed by atoms with van der Waals surface area (Å²) in [7, 11) is -0.858. The third-order valence-corrected chi connectivity index (χ3v) is 3.59. The van der Waals surface area contributed by atoms with E-state index in [0.29, 0.717) is 18.7 Å². The van der Waals surface area contributed by atoms with Crippen molar-refractivity contribution in [3.63, 3.8) is 0 Å². The van der Waals surface area contributed by atoms with Crippen LogP contribution in [-0.2, 0) is 17.8 Å². The Labute approximate surface area is 123 Å². The maximum Gasteiger partial charge on any atom is 0.493 e. The zero-order valence-electron chi connectivity index (χ0n) is 11.5. The summed E-state index contributed by atoms with van der Waals surface area (Å²) in [6.07, 6.45) is 0. The number of rotatable bonds is 4. The van der Waals surface area contributed by atoms with Gasteiger partial charge in [0, 0.05) is 23.3 Å². The molecule has 5 nitrogen and oxygen atoms in total. The molecular formula is C15H16BN3O2. The van der Waals surface area contributed by atoms with Crippen LogP contribution < -0.4 is 16.5 Å². The first-order valence-electron chi connectivity index (χ1n) is 6.74. The molecule has 6 heteroatoms. The van der Waals surface area contributed by atoms with E-state index in [2.05, 4.69) is 5.32 Å². The van der Waals surface area contributed by atoms with Crippen LogP contribution in [0.3, 0.4) is 0 Å². The number of amidine groups is 1. The molecule has 0 atom stereocenters. The molecule has 0 aromatic heterocycles. The lowest BCUT2D eigenvalue weighted by atomic mass is 9.78. The van der Waals surface area contributed by atoms with E-state index in [9.17, 15) is 5.02 Å². The Bertz CT molecular complexity index is 673. The first-order valence-corrected chi connectivity index (χ1v) is 6.74. The second-order valence-corrected chi connectivity index (χ2v) is 5.01. The summed E-state index contributed by atoms with van der Waals surface area (Å²) in [6, 6.07) is 13.3. The highest BCUT2D eigenvalue weighted by atomic mass is 16.5. The van der Waals surface area contributed by atoms with E-state index in [0.717, 1.165) is 22.3 Å². The van der Waals surface area contributed by atoms with Gasteiger partial charge < -0.3 is 20.7 Å². The molecule has 1 aliphatic rings. The Kier molecular flexibility index (Phi) is 3.64. The molecule has 0 radical (unpaired) electrons. The van der Waals surface area contributed by atoms with Crippen molar-refractivity contribution >= 4 is 24.1 Å². The monoisotopic (exact) mass is 281 g/mol. The summed E-state index contributed by atoms with van der Waals surface area (Å²) in [4.78, 5) is 0. The topological polar surface area (TPSA) is 91.4 Å². The van der Waals surface area contributed by atoms with Crippen molar-refractivity contribution in [1.29, 1.82) is 5.41 Å². The van der Waals surface area contributed by atoms with Gasteiger partial charge in [-0.05, 0) is 17.2 Å². The van der Waals surface area contributed by atoms with Gasteiger partial charge in [-0.15, -0.1) is 0 Å². The van der Waals surface area contributed by atoms with Gasteiger partial charge in [0.1, 0.15) is 5.84 Å². The Hall–Kier alpha value is -2.31. The molecule has 1 heterocycles. The Morgan fingerprint density at radius 1 is 1.29 bits per heavy atom. The summed E-state index contributed by atoms with van der Waals surface area (Å²) in [5, 5.41) is 20.5. The fourth-order valence-corrected chi connectivity index (χ4v) is 2.44. The molecular weight excluding hydrogens is 265 g/mol. The predicted molar refractivity (Wildman–Crippen MR) is 83.6 cm³/mol. The lowest BCUT2D eigenvalue weighted by Crippen LogP contribution is -2.30. The second kappa shape index (κ2) is 5.59. The van der Waals surface area contributed by atoms with E-state index >= 15 is 0 Å². The fraction of sp³-hybridized carbons (Fsp3) is 0.133. The van der Waals surface area contributed by atoms with Gasteiger partial charge in [-0.2, -0.15) is 0 Å². The molecule has 0 aliphatic carbocycles. The van der Waals surface area contributed by atoms with Gasteiger partial charge >= 0.3 is 7.12 Å². The normalized spacial score (nSPS) is 13.1. The second-order valence-electron chi connectivity index (χ2n) is 5.01. The highest BCUT2D eigenvalue weighted by Crippen LogP contribution is 2.17. The van der Waals surface area contributed by atoms with Crippen LogP contribution >= 0.6 is 0 Å². The van der Waals surface area contributed by atoms with Crippen LogP contribution in [0.25, 0.3) is 0 Å². The van der Waals surface area contributed by atoms with Crippen molar-refractivity contribution in [3.05, 3.63) is 59.2 Å². The number of nitrogens with two attached hydrogens (primary N) is 1. The van der Waals surface area contributed by atoms with Crippen molar-refractivity contribution in [2.24, 2.45) is 5.73 Å². The number of nitrogen functional groups attached to an aromatic ring is 1. The van der Waals surface area contributed by atoms with Gasteiger partial charge in [0.25, 0.3) is 0 Å². The number of nitrogens with one attached hydrogen (secondary N) is 2. The summed E-state index contributed by atoms with van der Waals surface area (Å²) in [5.74, 6) is 0.0654. The Morgan fingerprint density at radius 2 is 2.05 bits per heavy atom. The molecule has 0 unspecified atom stereocenters. The molecule has 3 rings (SSSR count). The number of anilines is 1. The minimum atomic E-state index is -0.858. The summed E-state index contributed by atoms with van der Waals surface area (Å²) >= 11 is 0. The molecule has 5 N–H and O–H groups in total. The van der Waals surface area contributed by atoms with Gasteiger partial charge in [-0.1, -0.05) is 36.4 Å². The zero-order valence-corrected chi connectivity index (χ0v) is 11.5. The number of benzene rings is 2. The van der Waals surface area contributed by atoms with Crippen molar-refractivity contribution in [2.45, 2.75) is 13.2 Å². The van der Waals surface area contributed by atoms with Crippen molar-refractivity contribution in [1.82, 2.24) is 0 Å². The third-order valence-electron chi connectivity index (χ3n) is 3.59. The van der Waals surface area contributed by atoms with E-state index in [-0.39, 0.29) is 5.84 Å². The SMILES string of the molecule is N=C(N)c1ccc(CNc2cccc3c2B(O)OC3)cc1. The van der Waals surface area contributed by atoms with Crippen LogP contribution in [0, 0.1) is 5.41 Å². The average molecular weight is 281 g/mol. The Balaban J connectivity index is 1.74.